The van der Waals surface area contributed by atoms with Crippen molar-refractivity contribution >= 4 is 29.3 Å². The summed E-state index contributed by atoms with van der Waals surface area (Å²) >= 11 is 6.02. The Morgan fingerprint density at radius 2 is 2.00 bits per heavy atom. The maximum Gasteiger partial charge on any atom is 0.407 e. The van der Waals surface area contributed by atoms with Crippen LogP contribution in [0.25, 0.3) is 0 Å². The number of nitrogens with one attached hydrogen (secondary N) is 2. The van der Waals surface area contributed by atoms with Gasteiger partial charge < -0.3 is 15.4 Å². The Kier molecular flexibility index (Phi) is 6.49. The van der Waals surface area contributed by atoms with Gasteiger partial charge in [0.1, 0.15) is 6.04 Å². The Bertz CT molecular complexity index is 518. The lowest BCUT2D eigenvalue weighted by atomic mass is 10.0. The van der Waals surface area contributed by atoms with Crippen LogP contribution in [0.3, 0.4) is 0 Å². The molecular weight excluding hydrogens is 292 g/mol. The summed E-state index contributed by atoms with van der Waals surface area (Å²) < 4.78 is 4.81. The fourth-order valence-electron chi connectivity index (χ4n) is 1.73. The van der Waals surface area contributed by atoms with E-state index in [0.29, 0.717) is 10.7 Å². The van der Waals surface area contributed by atoms with Gasteiger partial charge in [-0.05, 0) is 37.5 Å². The number of alkyl carbamates (subject to hydrolysis) is 1. The van der Waals surface area contributed by atoms with Gasteiger partial charge in [-0.25, -0.2) is 4.79 Å². The summed E-state index contributed by atoms with van der Waals surface area (Å²) in [6.45, 7) is 7.54. The minimum atomic E-state index is -0.677. The van der Waals surface area contributed by atoms with Crippen LogP contribution in [-0.2, 0) is 9.53 Å². The van der Waals surface area contributed by atoms with Crippen LogP contribution in [0.2, 0.25) is 5.02 Å². The number of rotatable bonds is 5. The second-order valence-electron chi connectivity index (χ2n) is 5.04. The number of halogens is 1. The number of anilines is 1. The van der Waals surface area contributed by atoms with Crippen molar-refractivity contribution in [1.29, 1.82) is 0 Å². The monoisotopic (exact) mass is 312 g/mol. The predicted molar refractivity (Wildman–Crippen MR) is 83.6 cm³/mol. The summed E-state index contributed by atoms with van der Waals surface area (Å²) in [5.41, 5.74) is 1.52. The van der Waals surface area contributed by atoms with E-state index >= 15 is 0 Å². The standard InChI is InChI=1S/C15H21ClN2O3/c1-5-21-15(20)18-13(9(2)3)14(19)17-11-7-6-10(4)12(16)8-11/h6-9,13H,5H2,1-4H3,(H,17,19)(H,18,20)/t13-/m0/s1. The van der Waals surface area contributed by atoms with Crippen LogP contribution in [-0.4, -0.2) is 24.6 Å². The first-order chi connectivity index (χ1) is 9.85. The maximum atomic E-state index is 12.3. The van der Waals surface area contributed by atoms with Crippen LogP contribution < -0.4 is 10.6 Å². The molecule has 0 saturated carbocycles. The largest absolute Gasteiger partial charge is 0.450 e. The summed E-state index contributed by atoms with van der Waals surface area (Å²) in [6, 6.07) is 4.59. The molecule has 0 bridgehead atoms. The molecule has 2 N–H and O–H groups in total. The molecule has 21 heavy (non-hydrogen) atoms. The van der Waals surface area contributed by atoms with Gasteiger partial charge in [0.2, 0.25) is 5.91 Å². The second kappa shape index (κ2) is 7.88. The molecule has 6 heteroatoms. The van der Waals surface area contributed by atoms with Gasteiger partial charge >= 0.3 is 6.09 Å². The first kappa shape index (κ1) is 17.3. The lowest BCUT2D eigenvalue weighted by Crippen LogP contribution is -2.47. The molecule has 0 unspecified atom stereocenters. The van der Waals surface area contributed by atoms with Crippen LogP contribution in [0.4, 0.5) is 10.5 Å². The number of carbonyl (C=O) groups is 2. The number of ether oxygens (including phenoxy) is 1. The third kappa shape index (κ3) is 5.27. The van der Waals surface area contributed by atoms with E-state index in [0.717, 1.165) is 5.56 Å². The highest BCUT2D eigenvalue weighted by Gasteiger charge is 2.24. The zero-order valence-corrected chi connectivity index (χ0v) is 13.5. The zero-order chi connectivity index (χ0) is 16.0. The van der Waals surface area contributed by atoms with Crippen molar-refractivity contribution in [2.45, 2.75) is 33.7 Å². The quantitative estimate of drug-likeness (QED) is 0.876. The Morgan fingerprint density at radius 1 is 1.33 bits per heavy atom. The van der Waals surface area contributed by atoms with Crippen molar-refractivity contribution in [3.8, 4) is 0 Å². The lowest BCUT2D eigenvalue weighted by molar-refractivity contribution is -0.119. The molecule has 1 aromatic rings. The molecule has 0 radical (unpaired) electrons. The van der Waals surface area contributed by atoms with E-state index < -0.39 is 12.1 Å². The molecule has 5 nitrogen and oxygen atoms in total. The van der Waals surface area contributed by atoms with Crippen molar-refractivity contribution in [2.24, 2.45) is 5.92 Å². The van der Waals surface area contributed by atoms with Crippen LogP contribution >= 0.6 is 11.6 Å². The molecule has 0 fully saturated rings. The summed E-state index contributed by atoms with van der Waals surface area (Å²) in [6.07, 6.45) is -0.603. The minimum absolute atomic E-state index is 0.0738. The highest BCUT2D eigenvalue weighted by Crippen LogP contribution is 2.20. The fraction of sp³-hybridized carbons (Fsp3) is 0.467. The number of aryl methyl sites for hydroxylation is 1. The molecule has 0 saturated heterocycles. The SMILES string of the molecule is CCOC(=O)N[C@H](C(=O)Nc1ccc(C)c(Cl)c1)C(C)C. The molecule has 116 valence electrons. The highest BCUT2D eigenvalue weighted by atomic mass is 35.5. The third-order valence-corrected chi connectivity index (χ3v) is 3.34. The summed E-state index contributed by atoms with van der Waals surface area (Å²) in [7, 11) is 0. The van der Waals surface area contributed by atoms with Crippen molar-refractivity contribution in [3.63, 3.8) is 0 Å². The van der Waals surface area contributed by atoms with Crippen LogP contribution in [0.1, 0.15) is 26.3 Å². The first-order valence-corrected chi connectivity index (χ1v) is 7.23. The molecule has 0 aliphatic rings. The van der Waals surface area contributed by atoms with Gasteiger partial charge in [0.25, 0.3) is 0 Å². The van der Waals surface area contributed by atoms with Crippen LogP contribution in [0.5, 0.6) is 0 Å². The van der Waals surface area contributed by atoms with Gasteiger partial charge in [-0.1, -0.05) is 31.5 Å². The molecule has 1 rings (SSSR count). The second-order valence-corrected chi connectivity index (χ2v) is 5.45. The molecule has 0 aromatic heterocycles. The van der Waals surface area contributed by atoms with Crippen molar-refractivity contribution in [2.75, 3.05) is 11.9 Å². The zero-order valence-electron chi connectivity index (χ0n) is 12.7. The molecule has 0 aliphatic carbocycles. The molecule has 0 spiro atoms. The van der Waals surface area contributed by atoms with E-state index in [2.05, 4.69) is 10.6 Å². The summed E-state index contributed by atoms with van der Waals surface area (Å²) in [4.78, 5) is 23.7. The number of hydrogen-bond donors (Lipinski definition) is 2. The molecule has 0 heterocycles. The van der Waals surface area contributed by atoms with E-state index in [1.54, 1.807) is 19.1 Å². The van der Waals surface area contributed by atoms with Gasteiger partial charge in [0.15, 0.2) is 0 Å². The van der Waals surface area contributed by atoms with Gasteiger partial charge in [-0.3, -0.25) is 4.79 Å². The summed E-state index contributed by atoms with van der Waals surface area (Å²) in [5.74, 6) is -0.381. The van der Waals surface area contributed by atoms with Crippen molar-refractivity contribution in [1.82, 2.24) is 5.32 Å². The average Bonchev–Trinajstić information content (AvgIpc) is 2.40. The summed E-state index contributed by atoms with van der Waals surface area (Å²) in [5, 5.41) is 5.88. The van der Waals surface area contributed by atoms with Crippen LogP contribution in [0, 0.1) is 12.8 Å². The van der Waals surface area contributed by atoms with Gasteiger partial charge in [-0.15, -0.1) is 0 Å². The predicted octanol–water partition coefficient (Wildman–Crippen LogP) is 3.36. The normalized spacial score (nSPS) is 11.9. The number of carbonyl (C=O) groups excluding carboxylic acids is 2. The Morgan fingerprint density at radius 3 is 2.52 bits per heavy atom. The van der Waals surface area contributed by atoms with Crippen molar-refractivity contribution < 1.29 is 14.3 Å². The minimum Gasteiger partial charge on any atom is -0.450 e. The number of hydrogen-bond acceptors (Lipinski definition) is 3. The first-order valence-electron chi connectivity index (χ1n) is 6.85. The third-order valence-electron chi connectivity index (χ3n) is 2.94. The fourth-order valence-corrected chi connectivity index (χ4v) is 1.91. The van der Waals surface area contributed by atoms with E-state index in [4.69, 9.17) is 16.3 Å². The maximum absolute atomic E-state index is 12.3. The Labute approximate surface area is 130 Å². The van der Waals surface area contributed by atoms with Gasteiger partial charge in [-0.2, -0.15) is 0 Å². The molecule has 1 atom stereocenters. The lowest BCUT2D eigenvalue weighted by Gasteiger charge is -2.21. The Hall–Kier alpha value is -1.75. The van der Waals surface area contributed by atoms with E-state index in [1.807, 2.05) is 26.8 Å². The molecule has 2 amide bonds. The Balaban J connectivity index is 2.76. The van der Waals surface area contributed by atoms with Crippen LogP contribution in [0.15, 0.2) is 18.2 Å². The topological polar surface area (TPSA) is 67.4 Å². The number of benzene rings is 1. The van der Waals surface area contributed by atoms with E-state index in [-0.39, 0.29) is 18.4 Å². The van der Waals surface area contributed by atoms with E-state index in [1.165, 1.54) is 0 Å². The highest BCUT2D eigenvalue weighted by molar-refractivity contribution is 6.31. The molecule has 0 aliphatic heterocycles. The smallest absolute Gasteiger partial charge is 0.407 e. The average molecular weight is 313 g/mol. The van der Waals surface area contributed by atoms with E-state index in [9.17, 15) is 9.59 Å². The van der Waals surface area contributed by atoms with Gasteiger partial charge in [0.05, 0.1) is 6.61 Å². The molecule has 1 aromatic carbocycles. The van der Waals surface area contributed by atoms with Gasteiger partial charge in [0, 0.05) is 10.7 Å². The molecular formula is C15H21ClN2O3. The number of amides is 2. The van der Waals surface area contributed by atoms with Crippen molar-refractivity contribution in [3.05, 3.63) is 28.8 Å².